The van der Waals surface area contributed by atoms with Gasteiger partial charge in [0.1, 0.15) is 12.4 Å². The quantitative estimate of drug-likeness (QED) is 0.274. The number of carbonyl (C=O) groups is 1. The molecule has 0 atom stereocenters. The maximum Gasteiger partial charge on any atom is 0.248 e. The first kappa shape index (κ1) is 23.9. The van der Waals surface area contributed by atoms with Crippen molar-refractivity contribution in [1.29, 1.82) is 0 Å². The van der Waals surface area contributed by atoms with Crippen LogP contribution >= 0.6 is 0 Å². The molecule has 0 bridgehead atoms. The van der Waals surface area contributed by atoms with Crippen molar-refractivity contribution in [2.75, 3.05) is 19.0 Å². The first-order valence-corrected chi connectivity index (χ1v) is 11.2. The Morgan fingerprint density at radius 3 is 2.52 bits per heavy atom. The SMILES string of the molecule is CCCCOc1ccccc1NC(=O)C=Cc1ccc(OCc2ccccc2C)c(OC)c1. The van der Waals surface area contributed by atoms with Crippen LogP contribution in [0, 0.1) is 6.92 Å². The summed E-state index contributed by atoms with van der Waals surface area (Å²) in [6.45, 7) is 5.25. The third-order valence-corrected chi connectivity index (χ3v) is 5.16. The molecule has 0 spiro atoms. The summed E-state index contributed by atoms with van der Waals surface area (Å²) in [5.41, 5.74) is 3.79. The van der Waals surface area contributed by atoms with E-state index in [1.54, 1.807) is 13.2 Å². The number of anilines is 1. The van der Waals surface area contributed by atoms with Crippen molar-refractivity contribution >= 4 is 17.7 Å². The van der Waals surface area contributed by atoms with E-state index in [4.69, 9.17) is 14.2 Å². The second-order valence-corrected chi connectivity index (χ2v) is 7.65. The summed E-state index contributed by atoms with van der Waals surface area (Å²) in [6, 6.07) is 21.1. The van der Waals surface area contributed by atoms with Crippen LogP contribution in [0.15, 0.2) is 72.8 Å². The average Bonchev–Trinajstić information content (AvgIpc) is 2.83. The van der Waals surface area contributed by atoms with E-state index >= 15 is 0 Å². The van der Waals surface area contributed by atoms with Crippen molar-refractivity contribution in [3.05, 3.63) is 89.5 Å². The van der Waals surface area contributed by atoms with E-state index in [0.29, 0.717) is 36.1 Å². The fourth-order valence-electron chi connectivity index (χ4n) is 3.20. The zero-order chi connectivity index (χ0) is 23.5. The monoisotopic (exact) mass is 445 g/mol. The largest absolute Gasteiger partial charge is 0.493 e. The Morgan fingerprint density at radius 2 is 1.73 bits per heavy atom. The molecule has 3 aromatic rings. The highest BCUT2D eigenvalue weighted by Gasteiger charge is 2.08. The normalized spacial score (nSPS) is 10.8. The zero-order valence-corrected chi connectivity index (χ0v) is 19.5. The smallest absolute Gasteiger partial charge is 0.248 e. The number of aryl methyl sites for hydroxylation is 1. The third kappa shape index (κ3) is 7.14. The molecule has 0 aliphatic heterocycles. The fourth-order valence-corrected chi connectivity index (χ4v) is 3.20. The molecule has 172 valence electrons. The van der Waals surface area contributed by atoms with Crippen LogP contribution in [0.2, 0.25) is 0 Å². The van der Waals surface area contributed by atoms with Crippen molar-refractivity contribution in [3.63, 3.8) is 0 Å². The van der Waals surface area contributed by atoms with E-state index < -0.39 is 0 Å². The minimum atomic E-state index is -0.236. The summed E-state index contributed by atoms with van der Waals surface area (Å²) in [7, 11) is 1.60. The summed E-state index contributed by atoms with van der Waals surface area (Å²) in [5, 5.41) is 2.88. The van der Waals surface area contributed by atoms with Crippen molar-refractivity contribution < 1.29 is 19.0 Å². The highest BCUT2D eigenvalue weighted by atomic mass is 16.5. The Balaban J connectivity index is 1.63. The number of hydrogen-bond acceptors (Lipinski definition) is 4. The standard InChI is InChI=1S/C28H31NO4/c1-4-5-18-32-25-13-9-8-12-24(25)29-28(30)17-15-22-14-16-26(27(19-22)31-3)33-20-23-11-7-6-10-21(23)2/h6-17,19H,4-5,18,20H2,1-3H3,(H,29,30). The highest BCUT2D eigenvalue weighted by molar-refractivity contribution is 6.02. The van der Waals surface area contributed by atoms with E-state index in [9.17, 15) is 4.79 Å². The van der Waals surface area contributed by atoms with Crippen molar-refractivity contribution in [2.24, 2.45) is 0 Å². The molecule has 0 radical (unpaired) electrons. The van der Waals surface area contributed by atoms with Crippen LogP contribution in [-0.4, -0.2) is 19.6 Å². The topological polar surface area (TPSA) is 56.8 Å². The predicted octanol–water partition coefficient (Wildman–Crippen LogP) is 6.41. The Morgan fingerprint density at radius 1 is 0.939 bits per heavy atom. The molecule has 5 nitrogen and oxygen atoms in total. The van der Waals surface area contributed by atoms with Gasteiger partial charge in [0.2, 0.25) is 5.91 Å². The summed E-state index contributed by atoms with van der Waals surface area (Å²) in [6.07, 6.45) is 5.25. The van der Waals surface area contributed by atoms with E-state index in [2.05, 4.69) is 25.2 Å². The molecule has 0 saturated heterocycles. The number of ether oxygens (including phenoxy) is 3. The van der Waals surface area contributed by atoms with E-state index in [-0.39, 0.29) is 5.91 Å². The first-order chi connectivity index (χ1) is 16.1. The summed E-state index contributed by atoms with van der Waals surface area (Å²) >= 11 is 0. The van der Waals surface area contributed by atoms with Crippen LogP contribution in [0.25, 0.3) is 6.08 Å². The van der Waals surface area contributed by atoms with Gasteiger partial charge in [-0.3, -0.25) is 4.79 Å². The number of unbranched alkanes of at least 4 members (excludes halogenated alkanes) is 1. The number of hydrogen-bond donors (Lipinski definition) is 1. The zero-order valence-electron chi connectivity index (χ0n) is 19.5. The number of methoxy groups -OCH3 is 1. The van der Waals surface area contributed by atoms with Crippen molar-refractivity contribution in [1.82, 2.24) is 0 Å². The molecule has 5 heteroatoms. The molecular weight excluding hydrogens is 414 g/mol. The van der Waals surface area contributed by atoms with Crippen LogP contribution < -0.4 is 19.5 Å². The molecule has 3 rings (SSSR count). The van der Waals surface area contributed by atoms with Gasteiger partial charge in [0.25, 0.3) is 0 Å². The minimum Gasteiger partial charge on any atom is -0.493 e. The van der Waals surface area contributed by atoms with Crippen LogP contribution in [0.4, 0.5) is 5.69 Å². The van der Waals surface area contributed by atoms with Gasteiger partial charge in [-0.1, -0.05) is 55.8 Å². The second-order valence-electron chi connectivity index (χ2n) is 7.65. The lowest BCUT2D eigenvalue weighted by Crippen LogP contribution is -2.09. The lowest BCUT2D eigenvalue weighted by atomic mass is 10.1. The minimum absolute atomic E-state index is 0.236. The molecule has 0 aliphatic rings. The number of carbonyl (C=O) groups excluding carboxylic acids is 1. The number of para-hydroxylation sites is 2. The molecule has 0 unspecified atom stereocenters. The van der Waals surface area contributed by atoms with E-state index in [0.717, 1.165) is 24.0 Å². The molecule has 1 N–H and O–H groups in total. The maximum absolute atomic E-state index is 12.5. The molecular formula is C28H31NO4. The third-order valence-electron chi connectivity index (χ3n) is 5.16. The predicted molar refractivity (Wildman–Crippen MR) is 133 cm³/mol. The van der Waals surface area contributed by atoms with Crippen molar-refractivity contribution in [2.45, 2.75) is 33.3 Å². The number of nitrogens with one attached hydrogen (secondary N) is 1. The van der Waals surface area contributed by atoms with Crippen LogP contribution in [0.5, 0.6) is 17.2 Å². The molecule has 3 aromatic carbocycles. The lowest BCUT2D eigenvalue weighted by Gasteiger charge is -2.13. The average molecular weight is 446 g/mol. The van der Waals surface area contributed by atoms with Gasteiger partial charge >= 0.3 is 0 Å². The van der Waals surface area contributed by atoms with Crippen LogP contribution in [0.1, 0.15) is 36.5 Å². The van der Waals surface area contributed by atoms with Gasteiger partial charge in [-0.05, 0) is 60.4 Å². The second kappa shape index (κ2) is 12.3. The Kier molecular flexibility index (Phi) is 8.95. The number of rotatable bonds is 11. The van der Waals surface area contributed by atoms with Gasteiger partial charge in [0, 0.05) is 6.08 Å². The molecule has 0 heterocycles. The Hall–Kier alpha value is -3.73. The van der Waals surface area contributed by atoms with Gasteiger partial charge in [0.15, 0.2) is 11.5 Å². The van der Waals surface area contributed by atoms with Gasteiger partial charge in [-0.15, -0.1) is 0 Å². The molecule has 0 saturated carbocycles. The molecule has 0 aliphatic carbocycles. The van der Waals surface area contributed by atoms with Crippen LogP contribution in [-0.2, 0) is 11.4 Å². The van der Waals surface area contributed by atoms with Gasteiger partial charge in [0.05, 0.1) is 19.4 Å². The fraction of sp³-hybridized carbons (Fsp3) is 0.250. The molecule has 0 fully saturated rings. The van der Waals surface area contributed by atoms with Gasteiger partial charge in [-0.25, -0.2) is 0 Å². The number of amides is 1. The Bertz CT molecular complexity index is 1090. The Labute approximate surface area is 196 Å². The lowest BCUT2D eigenvalue weighted by molar-refractivity contribution is -0.111. The molecule has 1 amide bonds. The molecule has 33 heavy (non-hydrogen) atoms. The van der Waals surface area contributed by atoms with Gasteiger partial charge in [-0.2, -0.15) is 0 Å². The van der Waals surface area contributed by atoms with Crippen molar-refractivity contribution in [3.8, 4) is 17.2 Å². The highest BCUT2D eigenvalue weighted by Crippen LogP contribution is 2.30. The van der Waals surface area contributed by atoms with E-state index in [1.807, 2.05) is 60.7 Å². The van der Waals surface area contributed by atoms with Gasteiger partial charge < -0.3 is 19.5 Å². The first-order valence-electron chi connectivity index (χ1n) is 11.2. The number of benzene rings is 3. The maximum atomic E-state index is 12.5. The summed E-state index contributed by atoms with van der Waals surface area (Å²) in [4.78, 5) is 12.5. The van der Waals surface area contributed by atoms with E-state index in [1.165, 1.54) is 11.6 Å². The molecule has 0 aromatic heterocycles. The summed E-state index contributed by atoms with van der Waals surface area (Å²) in [5.74, 6) is 1.70. The summed E-state index contributed by atoms with van der Waals surface area (Å²) < 4.78 is 17.2. The van der Waals surface area contributed by atoms with Crippen LogP contribution in [0.3, 0.4) is 0 Å².